The molecule has 2 heterocycles. The van der Waals surface area contributed by atoms with Gasteiger partial charge in [0.05, 0.1) is 12.6 Å². The van der Waals surface area contributed by atoms with Crippen molar-refractivity contribution in [2.45, 2.75) is 64.6 Å². The Balaban J connectivity index is 1.48. The molecule has 3 aromatic rings. The van der Waals surface area contributed by atoms with Gasteiger partial charge in [0.1, 0.15) is 23.3 Å². The van der Waals surface area contributed by atoms with Gasteiger partial charge in [0.2, 0.25) is 0 Å². The van der Waals surface area contributed by atoms with Crippen molar-refractivity contribution in [3.63, 3.8) is 0 Å². The predicted molar refractivity (Wildman–Crippen MR) is 141 cm³/mol. The number of aryl methyl sites for hydroxylation is 1. The van der Waals surface area contributed by atoms with Gasteiger partial charge in [0.25, 0.3) is 0 Å². The standard InChI is InChI=1S/C30H36N2O3/c1-3-5-11-20(4-2)19-34-28-18-25(31-30(32-28)24-13-6-8-16-26(24)33)23-15-10-14-22-21-12-7-9-17-27(21)35-29(22)23/h6,8-10,13-18,20,25,30-33H,3-5,7,11-12,19H2,1-2H3. The van der Waals surface area contributed by atoms with Crippen LogP contribution in [0.2, 0.25) is 0 Å². The number of fused-ring (bicyclic) bond motifs is 3. The van der Waals surface area contributed by atoms with Crippen LogP contribution >= 0.6 is 0 Å². The topological polar surface area (TPSA) is 66.7 Å². The highest BCUT2D eigenvalue weighted by atomic mass is 16.5. The van der Waals surface area contributed by atoms with Crippen LogP contribution in [-0.2, 0) is 11.2 Å². The second-order valence-electron chi connectivity index (χ2n) is 9.65. The molecule has 5 nitrogen and oxygen atoms in total. The first-order valence-corrected chi connectivity index (χ1v) is 13.0. The lowest BCUT2D eigenvalue weighted by molar-refractivity contribution is 0.123. The molecule has 3 unspecified atom stereocenters. The van der Waals surface area contributed by atoms with Gasteiger partial charge >= 0.3 is 0 Å². The van der Waals surface area contributed by atoms with Crippen molar-refractivity contribution in [3.8, 4) is 5.75 Å². The number of hydrogen-bond acceptors (Lipinski definition) is 5. The highest BCUT2D eigenvalue weighted by Gasteiger charge is 2.29. The Hall–Kier alpha value is -3.18. The second kappa shape index (κ2) is 10.6. The summed E-state index contributed by atoms with van der Waals surface area (Å²) in [6.07, 6.45) is 12.8. The molecule has 5 heteroatoms. The van der Waals surface area contributed by atoms with E-state index in [-0.39, 0.29) is 18.0 Å². The predicted octanol–water partition coefficient (Wildman–Crippen LogP) is 7.10. The number of furan rings is 1. The molecular formula is C30H36N2O3. The molecule has 184 valence electrons. The maximum Gasteiger partial charge on any atom is 0.185 e. The van der Waals surface area contributed by atoms with Gasteiger partial charge in [-0.15, -0.1) is 0 Å². The molecule has 0 amide bonds. The van der Waals surface area contributed by atoms with E-state index in [0.29, 0.717) is 12.5 Å². The third-order valence-corrected chi connectivity index (χ3v) is 7.26. The average Bonchev–Trinajstić information content (AvgIpc) is 3.28. The summed E-state index contributed by atoms with van der Waals surface area (Å²) in [5.41, 5.74) is 4.08. The van der Waals surface area contributed by atoms with E-state index in [9.17, 15) is 5.11 Å². The van der Waals surface area contributed by atoms with E-state index < -0.39 is 0 Å². The summed E-state index contributed by atoms with van der Waals surface area (Å²) >= 11 is 0. The summed E-state index contributed by atoms with van der Waals surface area (Å²) in [4.78, 5) is 0. The van der Waals surface area contributed by atoms with E-state index in [1.165, 1.54) is 30.2 Å². The Morgan fingerprint density at radius 2 is 1.97 bits per heavy atom. The van der Waals surface area contributed by atoms with Crippen LogP contribution in [0, 0.1) is 5.92 Å². The van der Waals surface area contributed by atoms with E-state index >= 15 is 0 Å². The molecule has 1 aromatic heterocycles. The summed E-state index contributed by atoms with van der Waals surface area (Å²) < 4.78 is 12.7. The van der Waals surface area contributed by atoms with Crippen molar-refractivity contribution in [2.75, 3.05) is 6.61 Å². The molecule has 1 aliphatic heterocycles. The maximum atomic E-state index is 10.6. The van der Waals surface area contributed by atoms with Gasteiger partial charge in [-0.1, -0.05) is 75.6 Å². The fourth-order valence-electron chi connectivity index (χ4n) is 5.15. The first-order chi connectivity index (χ1) is 17.2. The fraction of sp³-hybridized carbons (Fsp3) is 0.400. The van der Waals surface area contributed by atoms with Crippen molar-refractivity contribution >= 4 is 17.0 Å². The number of unbranched alkanes of at least 4 members (excludes halogenated alkanes) is 1. The number of ether oxygens (including phenoxy) is 1. The number of hydrogen-bond donors (Lipinski definition) is 3. The van der Waals surface area contributed by atoms with E-state index in [1.807, 2.05) is 18.2 Å². The molecule has 0 saturated heterocycles. The van der Waals surface area contributed by atoms with E-state index in [1.54, 1.807) is 6.07 Å². The van der Waals surface area contributed by atoms with Gasteiger partial charge < -0.3 is 19.6 Å². The number of benzene rings is 2. The van der Waals surface area contributed by atoms with Crippen LogP contribution in [0.3, 0.4) is 0 Å². The van der Waals surface area contributed by atoms with Gasteiger partial charge in [-0.2, -0.15) is 0 Å². The van der Waals surface area contributed by atoms with Gasteiger partial charge in [0.15, 0.2) is 5.88 Å². The molecule has 0 bridgehead atoms. The monoisotopic (exact) mass is 472 g/mol. The lowest BCUT2D eigenvalue weighted by Gasteiger charge is -2.33. The number of para-hydroxylation sites is 2. The first-order valence-electron chi connectivity index (χ1n) is 13.0. The Bertz CT molecular complexity index is 1230. The first kappa shape index (κ1) is 23.6. The zero-order valence-corrected chi connectivity index (χ0v) is 20.7. The average molecular weight is 473 g/mol. The van der Waals surface area contributed by atoms with Gasteiger partial charge in [-0.05, 0) is 43.4 Å². The van der Waals surface area contributed by atoms with Crippen LogP contribution in [0.25, 0.3) is 17.0 Å². The Labute approximate surface area is 207 Å². The number of phenols is 1. The van der Waals surface area contributed by atoms with Gasteiger partial charge in [-0.3, -0.25) is 5.32 Å². The van der Waals surface area contributed by atoms with Gasteiger partial charge in [0, 0.05) is 22.1 Å². The molecule has 1 aliphatic carbocycles. The smallest absolute Gasteiger partial charge is 0.185 e. The van der Waals surface area contributed by atoms with E-state index in [2.05, 4.69) is 60.9 Å². The minimum absolute atomic E-state index is 0.133. The maximum absolute atomic E-state index is 10.6. The second-order valence-corrected chi connectivity index (χ2v) is 9.65. The third kappa shape index (κ3) is 4.96. The van der Waals surface area contributed by atoms with Crippen molar-refractivity contribution in [3.05, 3.63) is 83.0 Å². The number of aromatic hydroxyl groups is 1. The molecular weight excluding hydrogens is 436 g/mol. The Kier molecular flexibility index (Phi) is 7.14. The largest absolute Gasteiger partial charge is 0.508 e. The van der Waals surface area contributed by atoms with Crippen LogP contribution in [-0.4, -0.2) is 11.7 Å². The number of allylic oxidation sites excluding steroid dienone is 1. The quantitative estimate of drug-likeness (QED) is 0.310. The summed E-state index contributed by atoms with van der Waals surface area (Å²) in [6, 6.07) is 13.7. The highest BCUT2D eigenvalue weighted by Crippen LogP contribution is 2.37. The molecule has 0 radical (unpaired) electrons. The molecule has 2 aliphatic rings. The molecule has 2 aromatic carbocycles. The molecule has 3 N–H and O–H groups in total. The van der Waals surface area contributed by atoms with Crippen molar-refractivity contribution in [1.82, 2.24) is 10.6 Å². The minimum atomic E-state index is -0.295. The Morgan fingerprint density at radius 3 is 2.80 bits per heavy atom. The van der Waals surface area contributed by atoms with Crippen molar-refractivity contribution in [2.24, 2.45) is 5.92 Å². The van der Waals surface area contributed by atoms with Crippen LogP contribution in [0.4, 0.5) is 0 Å². The lowest BCUT2D eigenvalue weighted by atomic mass is 9.97. The SMILES string of the molecule is CCCCC(CC)COC1=CC(c2cccc3c4c(oc23)C=CCC4)NC(c2ccccc2O)N1. The summed E-state index contributed by atoms with van der Waals surface area (Å²) in [5, 5.41) is 18.9. The third-order valence-electron chi connectivity index (χ3n) is 7.26. The highest BCUT2D eigenvalue weighted by molar-refractivity contribution is 5.88. The summed E-state index contributed by atoms with van der Waals surface area (Å²) in [6.45, 7) is 5.14. The molecule has 0 saturated carbocycles. The molecule has 0 spiro atoms. The molecule has 5 rings (SSSR count). The van der Waals surface area contributed by atoms with Gasteiger partial charge in [-0.25, -0.2) is 0 Å². The van der Waals surface area contributed by atoms with Crippen LogP contribution in [0.15, 0.2) is 64.9 Å². The number of rotatable bonds is 9. The normalized spacial score (nSPS) is 20.2. The van der Waals surface area contributed by atoms with Crippen molar-refractivity contribution in [1.29, 1.82) is 0 Å². The Morgan fingerprint density at radius 1 is 1.11 bits per heavy atom. The summed E-state index contributed by atoms with van der Waals surface area (Å²) in [7, 11) is 0. The minimum Gasteiger partial charge on any atom is -0.508 e. The van der Waals surface area contributed by atoms with Crippen LogP contribution in [0.1, 0.15) is 80.6 Å². The van der Waals surface area contributed by atoms with Crippen molar-refractivity contribution < 1.29 is 14.3 Å². The lowest BCUT2D eigenvalue weighted by Crippen LogP contribution is -2.41. The van der Waals surface area contributed by atoms with Crippen LogP contribution in [0.5, 0.6) is 5.75 Å². The zero-order valence-electron chi connectivity index (χ0n) is 20.7. The van der Waals surface area contributed by atoms with E-state index in [4.69, 9.17) is 9.15 Å². The molecule has 0 fully saturated rings. The fourth-order valence-corrected chi connectivity index (χ4v) is 5.15. The number of nitrogens with one attached hydrogen (secondary N) is 2. The van der Waals surface area contributed by atoms with E-state index in [0.717, 1.165) is 47.6 Å². The van der Waals surface area contributed by atoms with Crippen LogP contribution < -0.4 is 10.6 Å². The zero-order chi connectivity index (χ0) is 24.2. The molecule has 35 heavy (non-hydrogen) atoms. The molecule has 3 atom stereocenters. The summed E-state index contributed by atoms with van der Waals surface area (Å²) in [5.74, 6) is 2.49. The number of phenolic OH excluding ortho intramolecular Hbond substituents is 1.